The van der Waals surface area contributed by atoms with E-state index in [-0.39, 0.29) is 4.90 Å². The molecule has 1 aliphatic rings. The van der Waals surface area contributed by atoms with E-state index >= 15 is 0 Å². The molecular weight excluding hydrogens is 281 g/mol. The van der Waals surface area contributed by atoms with Gasteiger partial charge in [-0.3, -0.25) is 4.99 Å². The SMILES string of the molecule is CS(=O)(=O)c1cn(CC2=NCCN2)c2cc(F)ccc12. The predicted octanol–water partition coefficient (Wildman–Crippen LogP) is 1.19. The molecule has 1 N–H and O–H groups in total. The molecule has 20 heavy (non-hydrogen) atoms. The van der Waals surface area contributed by atoms with E-state index in [0.717, 1.165) is 18.6 Å². The minimum Gasteiger partial charge on any atom is -0.370 e. The first-order valence-electron chi connectivity index (χ1n) is 6.21. The quantitative estimate of drug-likeness (QED) is 0.925. The molecule has 2 aromatic rings. The second-order valence-corrected chi connectivity index (χ2v) is 6.79. The Bertz CT molecular complexity index is 808. The van der Waals surface area contributed by atoms with Crippen molar-refractivity contribution in [2.45, 2.75) is 11.4 Å². The van der Waals surface area contributed by atoms with Crippen LogP contribution < -0.4 is 5.32 Å². The van der Waals surface area contributed by atoms with E-state index in [1.54, 1.807) is 10.8 Å². The Morgan fingerprint density at radius 1 is 1.45 bits per heavy atom. The number of aromatic nitrogens is 1. The van der Waals surface area contributed by atoms with Gasteiger partial charge in [0.1, 0.15) is 11.7 Å². The van der Waals surface area contributed by atoms with Crippen molar-refractivity contribution < 1.29 is 12.8 Å². The molecule has 0 bridgehead atoms. The van der Waals surface area contributed by atoms with Gasteiger partial charge in [0, 0.05) is 24.4 Å². The zero-order valence-corrected chi connectivity index (χ0v) is 11.7. The van der Waals surface area contributed by atoms with Gasteiger partial charge in [0.2, 0.25) is 0 Å². The van der Waals surface area contributed by atoms with Crippen molar-refractivity contribution in [3.8, 4) is 0 Å². The smallest absolute Gasteiger partial charge is 0.177 e. The van der Waals surface area contributed by atoms with Gasteiger partial charge in [-0.2, -0.15) is 0 Å². The average Bonchev–Trinajstić information content (AvgIpc) is 2.97. The van der Waals surface area contributed by atoms with Gasteiger partial charge in [-0.05, 0) is 18.2 Å². The summed E-state index contributed by atoms with van der Waals surface area (Å²) in [5.74, 6) is 0.393. The van der Waals surface area contributed by atoms with E-state index in [4.69, 9.17) is 0 Å². The number of rotatable bonds is 3. The van der Waals surface area contributed by atoms with Crippen LogP contribution in [0, 0.1) is 5.82 Å². The number of benzene rings is 1. The van der Waals surface area contributed by atoms with Gasteiger partial charge in [0.05, 0.1) is 23.5 Å². The fraction of sp³-hybridized carbons (Fsp3) is 0.308. The summed E-state index contributed by atoms with van der Waals surface area (Å²) < 4.78 is 38.8. The maximum absolute atomic E-state index is 13.4. The van der Waals surface area contributed by atoms with Gasteiger partial charge in [0.25, 0.3) is 0 Å². The molecule has 1 aromatic heterocycles. The highest BCUT2D eigenvalue weighted by Gasteiger charge is 2.18. The second kappa shape index (κ2) is 4.59. The Balaban J connectivity index is 2.18. The molecule has 5 nitrogen and oxygen atoms in total. The molecule has 1 aliphatic heterocycles. The van der Waals surface area contributed by atoms with E-state index in [0.29, 0.717) is 24.0 Å². The minimum atomic E-state index is -3.36. The Labute approximate surface area is 116 Å². The highest BCUT2D eigenvalue weighted by atomic mass is 32.2. The molecule has 7 heteroatoms. The molecule has 0 radical (unpaired) electrons. The monoisotopic (exact) mass is 295 g/mol. The van der Waals surface area contributed by atoms with Gasteiger partial charge in [0.15, 0.2) is 9.84 Å². The zero-order chi connectivity index (χ0) is 14.3. The molecular formula is C13H14FN3O2S. The number of hydrogen-bond acceptors (Lipinski definition) is 4. The van der Waals surface area contributed by atoms with E-state index in [1.807, 2.05) is 0 Å². The Morgan fingerprint density at radius 2 is 2.25 bits per heavy atom. The second-order valence-electron chi connectivity index (χ2n) is 4.81. The molecule has 0 aliphatic carbocycles. The van der Waals surface area contributed by atoms with Gasteiger partial charge in [-0.1, -0.05) is 0 Å². The molecule has 0 fully saturated rings. The van der Waals surface area contributed by atoms with Crippen molar-refractivity contribution in [2.75, 3.05) is 19.3 Å². The first-order chi connectivity index (χ1) is 9.45. The zero-order valence-electron chi connectivity index (χ0n) is 10.9. The van der Waals surface area contributed by atoms with Gasteiger partial charge in [-0.15, -0.1) is 0 Å². The fourth-order valence-electron chi connectivity index (χ4n) is 2.37. The number of sulfone groups is 1. The number of fused-ring (bicyclic) bond motifs is 1. The normalized spacial score (nSPS) is 15.4. The van der Waals surface area contributed by atoms with Crippen LogP contribution in [0.25, 0.3) is 10.9 Å². The van der Waals surface area contributed by atoms with Crippen LogP contribution in [0.4, 0.5) is 4.39 Å². The molecule has 0 spiro atoms. The first-order valence-corrected chi connectivity index (χ1v) is 8.10. The van der Waals surface area contributed by atoms with Gasteiger partial charge < -0.3 is 9.88 Å². The summed E-state index contributed by atoms with van der Waals surface area (Å²) in [4.78, 5) is 4.49. The molecule has 0 atom stereocenters. The average molecular weight is 295 g/mol. The summed E-state index contributed by atoms with van der Waals surface area (Å²) in [6, 6.07) is 4.12. The van der Waals surface area contributed by atoms with Crippen LogP contribution in [-0.4, -0.2) is 38.2 Å². The summed E-state index contributed by atoms with van der Waals surface area (Å²) in [6.07, 6.45) is 2.70. The molecule has 1 aromatic carbocycles. The van der Waals surface area contributed by atoms with E-state index < -0.39 is 15.7 Å². The molecule has 106 valence electrons. The minimum absolute atomic E-state index is 0.214. The molecule has 3 rings (SSSR count). The number of nitrogens with one attached hydrogen (secondary N) is 1. The number of amidine groups is 1. The van der Waals surface area contributed by atoms with Crippen LogP contribution >= 0.6 is 0 Å². The molecule has 0 saturated heterocycles. The summed E-state index contributed by atoms with van der Waals surface area (Å²) in [5.41, 5.74) is 0.557. The first kappa shape index (κ1) is 13.1. The molecule has 2 heterocycles. The van der Waals surface area contributed by atoms with Crippen LogP contribution in [-0.2, 0) is 16.4 Å². The molecule has 0 amide bonds. The summed E-state index contributed by atoms with van der Waals surface area (Å²) in [5, 5.41) is 3.65. The lowest BCUT2D eigenvalue weighted by Crippen LogP contribution is -2.23. The van der Waals surface area contributed by atoms with Crippen LogP contribution in [0.3, 0.4) is 0 Å². The Hall–Kier alpha value is -1.89. The van der Waals surface area contributed by atoms with Crippen molar-refractivity contribution in [3.05, 3.63) is 30.2 Å². The van der Waals surface area contributed by atoms with Gasteiger partial charge in [-0.25, -0.2) is 12.8 Å². The molecule has 0 saturated carbocycles. The van der Waals surface area contributed by atoms with E-state index in [1.165, 1.54) is 18.2 Å². The third-order valence-corrected chi connectivity index (χ3v) is 4.40. The summed E-state index contributed by atoms with van der Waals surface area (Å²) in [7, 11) is -3.36. The van der Waals surface area contributed by atoms with E-state index in [9.17, 15) is 12.8 Å². The van der Waals surface area contributed by atoms with Crippen LogP contribution in [0.1, 0.15) is 0 Å². The number of aliphatic imine (C=N–C) groups is 1. The lowest BCUT2D eigenvalue weighted by Gasteiger charge is -2.05. The summed E-state index contributed by atoms with van der Waals surface area (Å²) >= 11 is 0. The lowest BCUT2D eigenvalue weighted by molar-refractivity contribution is 0.602. The van der Waals surface area contributed by atoms with E-state index in [2.05, 4.69) is 10.3 Å². The third-order valence-electron chi connectivity index (χ3n) is 3.27. The predicted molar refractivity (Wildman–Crippen MR) is 75.3 cm³/mol. The lowest BCUT2D eigenvalue weighted by atomic mass is 10.2. The topological polar surface area (TPSA) is 63.5 Å². The van der Waals surface area contributed by atoms with Crippen LogP contribution in [0.15, 0.2) is 34.3 Å². The van der Waals surface area contributed by atoms with Crippen molar-refractivity contribution in [2.24, 2.45) is 4.99 Å². The molecule has 0 unspecified atom stereocenters. The van der Waals surface area contributed by atoms with Gasteiger partial charge >= 0.3 is 0 Å². The van der Waals surface area contributed by atoms with Crippen LogP contribution in [0.2, 0.25) is 0 Å². The van der Waals surface area contributed by atoms with Crippen molar-refractivity contribution in [1.29, 1.82) is 0 Å². The fourth-order valence-corrected chi connectivity index (χ4v) is 3.26. The standard InChI is InChI=1S/C13H14FN3O2S/c1-20(18,19)12-7-17(8-13-15-4-5-16-13)11-6-9(14)2-3-10(11)12/h2-3,6-7H,4-5,8H2,1H3,(H,15,16). The Kier molecular flexibility index (Phi) is 3.01. The highest BCUT2D eigenvalue weighted by molar-refractivity contribution is 7.91. The van der Waals surface area contributed by atoms with Crippen molar-refractivity contribution >= 4 is 26.6 Å². The third kappa shape index (κ3) is 2.29. The van der Waals surface area contributed by atoms with Crippen molar-refractivity contribution in [1.82, 2.24) is 9.88 Å². The largest absolute Gasteiger partial charge is 0.370 e. The maximum Gasteiger partial charge on any atom is 0.177 e. The van der Waals surface area contributed by atoms with Crippen molar-refractivity contribution in [3.63, 3.8) is 0 Å². The maximum atomic E-state index is 13.4. The Morgan fingerprint density at radius 3 is 2.90 bits per heavy atom. The number of nitrogens with zero attached hydrogens (tertiary/aromatic N) is 2. The number of halogens is 1. The van der Waals surface area contributed by atoms with Crippen LogP contribution in [0.5, 0.6) is 0 Å². The summed E-state index contributed by atoms with van der Waals surface area (Å²) in [6.45, 7) is 1.90. The number of hydrogen-bond donors (Lipinski definition) is 1. The highest BCUT2D eigenvalue weighted by Crippen LogP contribution is 2.26.